The highest BCUT2D eigenvalue weighted by atomic mass is 16.6. The molecule has 0 fully saturated rings. The van der Waals surface area contributed by atoms with Crippen molar-refractivity contribution < 1.29 is 28.6 Å². The summed E-state index contributed by atoms with van der Waals surface area (Å²) in [5.74, 6) is -1.97. The molecular formula is C23H42O6. The standard InChI is InChI=1S/C23H42O6/c1-5-9-10-11-12-13-14-15-16-17-18-23(21(25)28-7-3,22(26)29-8-4)19-20(24)27-6-2/h5-19H2,1-4H3. The van der Waals surface area contributed by atoms with Gasteiger partial charge in [0.15, 0.2) is 5.41 Å². The summed E-state index contributed by atoms with van der Waals surface area (Å²) in [6.07, 6.45) is 11.3. The van der Waals surface area contributed by atoms with Crippen molar-refractivity contribution in [3.8, 4) is 0 Å². The maximum absolute atomic E-state index is 12.7. The molecule has 0 aliphatic carbocycles. The van der Waals surface area contributed by atoms with E-state index in [4.69, 9.17) is 14.2 Å². The number of carbonyl (C=O) groups is 3. The minimum absolute atomic E-state index is 0.140. The second-order valence-electron chi connectivity index (χ2n) is 7.44. The quantitative estimate of drug-likeness (QED) is 0.130. The zero-order valence-corrected chi connectivity index (χ0v) is 19.1. The monoisotopic (exact) mass is 414 g/mol. The molecule has 0 radical (unpaired) electrons. The number of unbranched alkanes of at least 4 members (excludes halogenated alkanes) is 9. The molecule has 0 rings (SSSR count). The van der Waals surface area contributed by atoms with Gasteiger partial charge in [0.25, 0.3) is 0 Å². The number of esters is 3. The lowest BCUT2D eigenvalue weighted by Crippen LogP contribution is -2.44. The van der Waals surface area contributed by atoms with Crippen molar-refractivity contribution in [3.05, 3.63) is 0 Å². The second kappa shape index (κ2) is 17.3. The Labute approximate surface area is 177 Å². The Bertz CT molecular complexity index is 442. The van der Waals surface area contributed by atoms with Gasteiger partial charge in [0.05, 0.1) is 26.2 Å². The number of hydrogen-bond donors (Lipinski definition) is 0. The first-order valence-electron chi connectivity index (χ1n) is 11.5. The van der Waals surface area contributed by atoms with Crippen molar-refractivity contribution in [1.82, 2.24) is 0 Å². The van der Waals surface area contributed by atoms with Crippen LogP contribution in [0.5, 0.6) is 0 Å². The maximum Gasteiger partial charge on any atom is 0.324 e. The van der Waals surface area contributed by atoms with Crippen LogP contribution < -0.4 is 0 Å². The Morgan fingerprint density at radius 2 is 1.00 bits per heavy atom. The minimum Gasteiger partial charge on any atom is -0.466 e. The van der Waals surface area contributed by atoms with Crippen LogP contribution in [0.1, 0.15) is 105 Å². The highest BCUT2D eigenvalue weighted by molar-refractivity contribution is 6.03. The lowest BCUT2D eigenvalue weighted by atomic mass is 9.79. The fourth-order valence-electron chi connectivity index (χ4n) is 3.43. The zero-order valence-electron chi connectivity index (χ0n) is 19.1. The summed E-state index contributed by atoms with van der Waals surface area (Å²) in [6, 6.07) is 0. The van der Waals surface area contributed by atoms with Crippen LogP contribution in [0.15, 0.2) is 0 Å². The molecule has 0 atom stereocenters. The third-order valence-electron chi connectivity index (χ3n) is 5.04. The Morgan fingerprint density at radius 3 is 1.41 bits per heavy atom. The average molecular weight is 415 g/mol. The fraction of sp³-hybridized carbons (Fsp3) is 0.870. The molecule has 6 heteroatoms. The van der Waals surface area contributed by atoms with Crippen LogP contribution in [0.2, 0.25) is 0 Å². The maximum atomic E-state index is 12.7. The molecule has 6 nitrogen and oxygen atoms in total. The van der Waals surface area contributed by atoms with Crippen LogP contribution in [-0.4, -0.2) is 37.7 Å². The Balaban J connectivity index is 4.76. The summed E-state index contributed by atoms with van der Waals surface area (Å²) in [5, 5.41) is 0. The lowest BCUT2D eigenvalue weighted by molar-refractivity contribution is -0.177. The molecule has 0 N–H and O–H groups in total. The normalized spacial score (nSPS) is 11.2. The van der Waals surface area contributed by atoms with Crippen LogP contribution >= 0.6 is 0 Å². The van der Waals surface area contributed by atoms with Gasteiger partial charge < -0.3 is 14.2 Å². The van der Waals surface area contributed by atoms with Crippen molar-refractivity contribution in [1.29, 1.82) is 0 Å². The van der Waals surface area contributed by atoms with Crippen molar-refractivity contribution in [2.24, 2.45) is 5.41 Å². The summed E-state index contributed by atoms with van der Waals surface area (Å²) in [7, 11) is 0. The number of rotatable bonds is 18. The summed E-state index contributed by atoms with van der Waals surface area (Å²) >= 11 is 0. The fourth-order valence-corrected chi connectivity index (χ4v) is 3.43. The van der Waals surface area contributed by atoms with E-state index < -0.39 is 23.3 Å². The highest BCUT2D eigenvalue weighted by Crippen LogP contribution is 2.34. The summed E-state index contributed by atoms with van der Waals surface area (Å²) in [4.78, 5) is 37.5. The summed E-state index contributed by atoms with van der Waals surface area (Å²) < 4.78 is 15.3. The first-order chi connectivity index (χ1) is 14.0. The van der Waals surface area contributed by atoms with E-state index in [-0.39, 0.29) is 32.7 Å². The number of hydrogen-bond acceptors (Lipinski definition) is 6. The van der Waals surface area contributed by atoms with E-state index in [0.29, 0.717) is 6.42 Å². The van der Waals surface area contributed by atoms with E-state index in [1.807, 2.05) is 0 Å². The van der Waals surface area contributed by atoms with Crippen molar-refractivity contribution in [3.63, 3.8) is 0 Å². The molecule has 0 aliphatic heterocycles. The van der Waals surface area contributed by atoms with Crippen molar-refractivity contribution in [2.45, 2.75) is 105 Å². The van der Waals surface area contributed by atoms with Gasteiger partial charge >= 0.3 is 17.9 Å². The van der Waals surface area contributed by atoms with Gasteiger partial charge in [-0.25, -0.2) is 0 Å². The molecule has 29 heavy (non-hydrogen) atoms. The van der Waals surface area contributed by atoms with Crippen LogP contribution in [0, 0.1) is 5.41 Å². The molecule has 0 saturated heterocycles. The molecule has 0 saturated carbocycles. The average Bonchev–Trinajstić information content (AvgIpc) is 2.69. The smallest absolute Gasteiger partial charge is 0.324 e. The largest absolute Gasteiger partial charge is 0.466 e. The molecule has 0 aromatic carbocycles. The van der Waals surface area contributed by atoms with Gasteiger partial charge in [-0.3, -0.25) is 14.4 Å². The SMILES string of the molecule is CCCCCCCCCCCCC(CC(=O)OCC)(C(=O)OCC)C(=O)OCC. The molecule has 0 bridgehead atoms. The van der Waals surface area contributed by atoms with Gasteiger partial charge in [0.2, 0.25) is 0 Å². The van der Waals surface area contributed by atoms with Gasteiger partial charge in [-0.2, -0.15) is 0 Å². The Hall–Kier alpha value is -1.59. The van der Waals surface area contributed by atoms with Gasteiger partial charge in [0, 0.05) is 0 Å². The molecule has 0 heterocycles. The predicted molar refractivity (Wildman–Crippen MR) is 113 cm³/mol. The van der Waals surface area contributed by atoms with Gasteiger partial charge in [-0.15, -0.1) is 0 Å². The molecule has 0 amide bonds. The summed E-state index contributed by atoms with van der Waals surface area (Å²) in [6.45, 7) is 7.74. The van der Waals surface area contributed by atoms with E-state index in [1.165, 1.54) is 38.5 Å². The zero-order chi connectivity index (χ0) is 22.0. The number of ether oxygens (including phenoxy) is 3. The Kier molecular flexibility index (Phi) is 16.3. The van der Waals surface area contributed by atoms with Gasteiger partial charge in [0.1, 0.15) is 0 Å². The summed E-state index contributed by atoms with van der Waals surface area (Å²) in [5.41, 5.74) is -1.61. The van der Waals surface area contributed by atoms with Gasteiger partial charge in [-0.1, -0.05) is 71.1 Å². The van der Waals surface area contributed by atoms with E-state index in [1.54, 1.807) is 20.8 Å². The van der Waals surface area contributed by atoms with Crippen LogP contribution in [0.4, 0.5) is 0 Å². The second-order valence-corrected chi connectivity index (χ2v) is 7.44. The molecule has 0 aromatic rings. The van der Waals surface area contributed by atoms with Crippen LogP contribution in [0.3, 0.4) is 0 Å². The van der Waals surface area contributed by atoms with E-state index in [2.05, 4.69) is 6.92 Å². The third kappa shape index (κ3) is 11.2. The first kappa shape index (κ1) is 27.4. The Morgan fingerprint density at radius 1 is 0.586 bits per heavy atom. The predicted octanol–water partition coefficient (Wildman–Crippen LogP) is 5.36. The molecule has 0 aromatic heterocycles. The van der Waals surface area contributed by atoms with Crippen molar-refractivity contribution in [2.75, 3.05) is 19.8 Å². The van der Waals surface area contributed by atoms with Crippen LogP contribution in [0.25, 0.3) is 0 Å². The third-order valence-corrected chi connectivity index (χ3v) is 5.04. The van der Waals surface area contributed by atoms with Crippen LogP contribution in [-0.2, 0) is 28.6 Å². The molecule has 170 valence electrons. The minimum atomic E-state index is -1.61. The van der Waals surface area contributed by atoms with Crippen molar-refractivity contribution >= 4 is 17.9 Å². The molecular weight excluding hydrogens is 372 g/mol. The lowest BCUT2D eigenvalue weighted by Gasteiger charge is -2.28. The van der Waals surface area contributed by atoms with E-state index in [0.717, 1.165) is 19.3 Å². The van der Waals surface area contributed by atoms with E-state index >= 15 is 0 Å². The number of carbonyl (C=O) groups excluding carboxylic acids is 3. The first-order valence-corrected chi connectivity index (χ1v) is 11.5. The molecule has 0 aliphatic rings. The molecule has 0 spiro atoms. The van der Waals surface area contributed by atoms with Gasteiger partial charge in [-0.05, 0) is 27.2 Å². The molecule has 0 unspecified atom stereocenters. The van der Waals surface area contributed by atoms with E-state index in [9.17, 15) is 14.4 Å². The topological polar surface area (TPSA) is 78.9 Å². The highest BCUT2D eigenvalue weighted by Gasteiger charge is 2.50.